The number of likely N-dealkylation sites (tertiary alicyclic amines) is 1. The van der Waals surface area contributed by atoms with E-state index in [1.54, 1.807) is 7.11 Å². The molecule has 1 aliphatic rings. The highest BCUT2D eigenvalue weighted by molar-refractivity contribution is 5.32. The maximum Gasteiger partial charge on any atom is 0.123 e. The average Bonchev–Trinajstić information content (AvgIpc) is 2.49. The van der Waals surface area contributed by atoms with Crippen LogP contribution in [-0.4, -0.2) is 49.4 Å². The Morgan fingerprint density at radius 3 is 2.80 bits per heavy atom. The van der Waals surface area contributed by atoms with Gasteiger partial charge in [-0.2, -0.15) is 0 Å². The van der Waals surface area contributed by atoms with Gasteiger partial charge in [-0.25, -0.2) is 0 Å². The smallest absolute Gasteiger partial charge is 0.123 e. The lowest BCUT2D eigenvalue weighted by Gasteiger charge is -2.29. The summed E-state index contributed by atoms with van der Waals surface area (Å²) in [7, 11) is 1.71. The molecule has 0 aliphatic carbocycles. The summed E-state index contributed by atoms with van der Waals surface area (Å²) >= 11 is 0. The quantitative estimate of drug-likeness (QED) is 0.744. The second-order valence-corrected chi connectivity index (χ2v) is 5.41. The average molecular weight is 278 g/mol. The van der Waals surface area contributed by atoms with Crippen LogP contribution in [0.4, 0.5) is 0 Å². The fourth-order valence-corrected chi connectivity index (χ4v) is 2.64. The third kappa shape index (κ3) is 4.78. The highest BCUT2D eigenvalue weighted by Crippen LogP contribution is 2.16. The molecule has 0 unspecified atom stereocenters. The van der Waals surface area contributed by atoms with E-state index in [0.717, 1.165) is 57.7 Å². The van der Waals surface area contributed by atoms with Gasteiger partial charge in [-0.05, 0) is 38.4 Å². The van der Waals surface area contributed by atoms with Crippen LogP contribution >= 0.6 is 0 Å². The number of para-hydroxylation sites is 1. The van der Waals surface area contributed by atoms with Crippen molar-refractivity contribution in [1.29, 1.82) is 0 Å². The normalized spacial score (nSPS) is 17.3. The Balaban J connectivity index is 1.59. The highest BCUT2D eigenvalue weighted by Gasteiger charge is 2.15. The van der Waals surface area contributed by atoms with Crippen molar-refractivity contribution in [3.63, 3.8) is 0 Å². The van der Waals surface area contributed by atoms with Crippen LogP contribution < -0.4 is 10.1 Å². The van der Waals surface area contributed by atoms with Gasteiger partial charge in [-0.3, -0.25) is 0 Å². The highest BCUT2D eigenvalue weighted by atomic mass is 16.5. The lowest BCUT2D eigenvalue weighted by Crippen LogP contribution is -2.37. The number of piperidine rings is 1. The van der Waals surface area contributed by atoms with Gasteiger partial charge in [0, 0.05) is 25.2 Å². The molecule has 1 aromatic carbocycles. The van der Waals surface area contributed by atoms with Crippen LogP contribution in [0.5, 0.6) is 5.75 Å². The van der Waals surface area contributed by atoms with Gasteiger partial charge in [0.1, 0.15) is 5.75 Å². The molecule has 0 radical (unpaired) electrons. The Morgan fingerprint density at radius 2 is 2.05 bits per heavy atom. The van der Waals surface area contributed by atoms with Crippen LogP contribution in [0.2, 0.25) is 0 Å². The van der Waals surface area contributed by atoms with Gasteiger partial charge >= 0.3 is 0 Å². The van der Waals surface area contributed by atoms with E-state index < -0.39 is 0 Å². The summed E-state index contributed by atoms with van der Waals surface area (Å²) < 4.78 is 5.34. The molecule has 1 heterocycles. The van der Waals surface area contributed by atoms with Crippen LogP contribution in [0, 0.1) is 0 Å². The maximum atomic E-state index is 9.46. The van der Waals surface area contributed by atoms with Crippen LogP contribution in [-0.2, 0) is 6.54 Å². The van der Waals surface area contributed by atoms with Crippen LogP contribution in [0.3, 0.4) is 0 Å². The molecular formula is C16H26N2O2. The van der Waals surface area contributed by atoms with Gasteiger partial charge in [0.15, 0.2) is 0 Å². The molecular weight excluding hydrogens is 252 g/mol. The third-order valence-electron chi connectivity index (χ3n) is 3.89. The standard InChI is InChI=1S/C16H26N2O2/c1-20-16-6-3-2-5-14(16)13-17-9-4-10-18-11-7-15(19)8-12-18/h2-3,5-6,15,17,19H,4,7-13H2,1H3. The first-order valence-corrected chi connectivity index (χ1v) is 7.52. The molecule has 1 saturated heterocycles. The number of hydrogen-bond acceptors (Lipinski definition) is 4. The Hall–Kier alpha value is -1.10. The van der Waals surface area contributed by atoms with Crippen molar-refractivity contribution >= 4 is 0 Å². The Labute approximate surface area is 121 Å². The van der Waals surface area contributed by atoms with E-state index >= 15 is 0 Å². The van der Waals surface area contributed by atoms with Crippen molar-refractivity contribution in [2.45, 2.75) is 31.9 Å². The second-order valence-electron chi connectivity index (χ2n) is 5.41. The van der Waals surface area contributed by atoms with Crippen molar-refractivity contribution in [2.24, 2.45) is 0 Å². The fraction of sp³-hybridized carbons (Fsp3) is 0.625. The Bertz CT molecular complexity index is 390. The molecule has 20 heavy (non-hydrogen) atoms. The van der Waals surface area contributed by atoms with E-state index in [1.165, 1.54) is 5.56 Å². The maximum absolute atomic E-state index is 9.46. The number of methoxy groups -OCH3 is 1. The number of rotatable bonds is 7. The van der Waals surface area contributed by atoms with Crippen molar-refractivity contribution in [1.82, 2.24) is 10.2 Å². The fourth-order valence-electron chi connectivity index (χ4n) is 2.64. The van der Waals surface area contributed by atoms with Crippen molar-refractivity contribution < 1.29 is 9.84 Å². The van der Waals surface area contributed by atoms with E-state index in [4.69, 9.17) is 4.74 Å². The van der Waals surface area contributed by atoms with Crippen LogP contribution in [0.25, 0.3) is 0 Å². The third-order valence-corrected chi connectivity index (χ3v) is 3.89. The number of hydrogen-bond donors (Lipinski definition) is 2. The molecule has 0 aromatic heterocycles. The number of nitrogens with one attached hydrogen (secondary N) is 1. The van der Waals surface area contributed by atoms with Crippen LogP contribution in [0.1, 0.15) is 24.8 Å². The number of nitrogens with zero attached hydrogens (tertiary/aromatic N) is 1. The molecule has 1 aromatic rings. The van der Waals surface area contributed by atoms with Crippen molar-refractivity contribution in [3.8, 4) is 5.75 Å². The topological polar surface area (TPSA) is 44.7 Å². The molecule has 0 atom stereocenters. The van der Waals surface area contributed by atoms with Gasteiger partial charge in [0.25, 0.3) is 0 Å². The number of ether oxygens (including phenoxy) is 1. The largest absolute Gasteiger partial charge is 0.496 e. The summed E-state index contributed by atoms with van der Waals surface area (Å²) in [5.74, 6) is 0.949. The lowest BCUT2D eigenvalue weighted by atomic mass is 10.1. The predicted molar refractivity (Wildman–Crippen MR) is 81.0 cm³/mol. The van der Waals surface area contributed by atoms with E-state index in [1.807, 2.05) is 18.2 Å². The van der Waals surface area contributed by atoms with Crippen LogP contribution in [0.15, 0.2) is 24.3 Å². The van der Waals surface area contributed by atoms with E-state index in [-0.39, 0.29) is 6.10 Å². The molecule has 1 fully saturated rings. The Morgan fingerprint density at radius 1 is 1.30 bits per heavy atom. The summed E-state index contributed by atoms with van der Waals surface area (Å²) in [6.45, 7) is 5.05. The van der Waals surface area contributed by atoms with Crippen molar-refractivity contribution in [2.75, 3.05) is 33.3 Å². The van der Waals surface area contributed by atoms with E-state index in [0.29, 0.717) is 0 Å². The zero-order chi connectivity index (χ0) is 14.2. The monoisotopic (exact) mass is 278 g/mol. The first-order valence-electron chi connectivity index (χ1n) is 7.52. The van der Waals surface area contributed by atoms with Gasteiger partial charge in [0.2, 0.25) is 0 Å². The molecule has 1 aliphatic heterocycles. The molecule has 0 amide bonds. The number of benzene rings is 1. The minimum atomic E-state index is -0.0741. The summed E-state index contributed by atoms with van der Waals surface area (Å²) in [6, 6.07) is 8.12. The van der Waals surface area contributed by atoms with Gasteiger partial charge < -0.3 is 20.1 Å². The van der Waals surface area contributed by atoms with Gasteiger partial charge in [-0.15, -0.1) is 0 Å². The summed E-state index contributed by atoms with van der Waals surface area (Å²) in [5.41, 5.74) is 1.20. The Kier molecular flexibility index (Phi) is 6.30. The molecule has 112 valence electrons. The molecule has 0 bridgehead atoms. The second kappa shape index (κ2) is 8.25. The first kappa shape index (κ1) is 15.3. The van der Waals surface area contributed by atoms with E-state index in [9.17, 15) is 5.11 Å². The van der Waals surface area contributed by atoms with Gasteiger partial charge in [0.05, 0.1) is 13.2 Å². The van der Waals surface area contributed by atoms with Gasteiger partial charge in [-0.1, -0.05) is 18.2 Å². The van der Waals surface area contributed by atoms with Crippen molar-refractivity contribution in [3.05, 3.63) is 29.8 Å². The minimum absolute atomic E-state index is 0.0741. The summed E-state index contributed by atoms with van der Waals surface area (Å²) in [6.07, 6.45) is 2.92. The summed E-state index contributed by atoms with van der Waals surface area (Å²) in [5, 5.41) is 12.9. The summed E-state index contributed by atoms with van der Waals surface area (Å²) in [4.78, 5) is 2.44. The van der Waals surface area contributed by atoms with E-state index in [2.05, 4.69) is 16.3 Å². The molecule has 2 rings (SSSR count). The lowest BCUT2D eigenvalue weighted by molar-refractivity contribution is 0.0821. The minimum Gasteiger partial charge on any atom is -0.496 e. The number of aliphatic hydroxyl groups is 1. The molecule has 0 saturated carbocycles. The molecule has 0 spiro atoms. The SMILES string of the molecule is COc1ccccc1CNCCCN1CCC(O)CC1. The molecule has 4 heteroatoms. The number of aliphatic hydroxyl groups excluding tert-OH is 1. The zero-order valence-corrected chi connectivity index (χ0v) is 12.3. The molecule has 4 nitrogen and oxygen atoms in total. The first-order chi connectivity index (χ1) is 9.79. The molecule has 2 N–H and O–H groups in total. The zero-order valence-electron chi connectivity index (χ0n) is 12.3. The predicted octanol–water partition coefficient (Wildman–Crippen LogP) is 1.63.